The van der Waals surface area contributed by atoms with Crippen molar-refractivity contribution in [2.24, 2.45) is 11.8 Å². The first-order valence-corrected chi connectivity index (χ1v) is 8.94. The van der Waals surface area contributed by atoms with Crippen molar-refractivity contribution in [2.45, 2.75) is 71.3 Å². The maximum absolute atomic E-state index is 4.86. The molecule has 0 saturated heterocycles. The maximum atomic E-state index is 4.86. The van der Waals surface area contributed by atoms with Crippen molar-refractivity contribution >= 4 is 11.3 Å². The number of hydrogen-bond donors (Lipinski definition) is 1. The van der Waals surface area contributed by atoms with Crippen LogP contribution < -0.4 is 5.32 Å². The van der Waals surface area contributed by atoms with Crippen molar-refractivity contribution < 1.29 is 0 Å². The summed E-state index contributed by atoms with van der Waals surface area (Å²) in [5.74, 6) is 1.80. The zero-order chi connectivity index (χ0) is 14.8. The molecular weight excluding hydrogens is 264 g/mol. The van der Waals surface area contributed by atoms with Crippen LogP contribution in [-0.2, 0) is 11.8 Å². The summed E-state index contributed by atoms with van der Waals surface area (Å²) in [5, 5.41) is 7.09. The van der Waals surface area contributed by atoms with Gasteiger partial charge in [-0.05, 0) is 31.7 Å². The quantitative estimate of drug-likeness (QED) is 0.871. The molecule has 2 nitrogen and oxygen atoms in total. The van der Waals surface area contributed by atoms with Gasteiger partial charge in [0.1, 0.15) is 0 Å². The van der Waals surface area contributed by atoms with Crippen LogP contribution in [0.5, 0.6) is 0 Å². The Hall–Kier alpha value is -0.410. The van der Waals surface area contributed by atoms with Crippen LogP contribution in [0.1, 0.15) is 64.1 Å². The number of hydrogen-bond acceptors (Lipinski definition) is 3. The molecule has 0 bridgehead atoms. The third-order valence-electron chi connectivity index (χ3n) is 4.81. The van der Waals surface area contributed by atoms with Gasteiger partial charge in [-0.3, -0.25) is 0 Å². The number of likely N-dealkylation sites (N-methyl/N-ethyl adjacent to an activating group) is 1. The number of nitrogens with one attached hydrogen (secondary N) is 1. The van der Waals surface area contributed by atoms with Gasteiger partial charge in [-0.2, -0.15) is 0 Å². The summed E-state index contributed by atoms with van der Waals surface area (Å²) in [6.45, 7) is 9.05. The largest absolute Gasteiger partial charge is 0.316 e. The molecule has 0 aliphatic heterocycles. The summed E-state index contributed by atoms with van der Waals surface area (Å²) in [6.07, 6.45) is 6.65. The second-order valence-corrected chi connectivity index (χ2v) is 8.27. The highest BCUT2D eigenvalue weighted by Crippen LogP contribution is 2.36. The van der Waals surface area contributed by atoms with E-state index in [1.165, 1.54) is 36.4 Å². The van der Waals surface area contributed by atoms with Crippen LogP contribution in [0, 0.1) is 11.8 Å². The molecule has 0 spiro atoms. The highest BCUT2D eigenvalue weighted by molar-refractivity contribution is 7.09. The van der Waals surface area contributed by atoms with Gasteiger partial charge < -0.3 is 5.32 Å². The van der Waals surface area contributed by atoms with Gasteiger partial charge in [0, 0.05) is 23.3 Å². The van der Waals surface area contributed by atoms with Gasteiger partial charge in [-0.25, -0.2) is 4.98 Å². The number of nitrogens with zero attached hydrogens (tertiary/aromatic N) is 1. The van der Waals surface area contributed by atoms with Crippen molar-refractivity contribution in [1.29, 1.82) is 0 Å². The van der Waals surface area contributed by atoms with Gasteiger partial charge in [0.2, 0.25) is 0 Å². The molecule has 114 valence electrons. The number of rotatable bonds is 5. The summed E-state index contributed by atoms with van der Waals surface area (Å²) >= 11 is 1.83. The second-order valence-electron chi connectivity index (χ2n) is 7.32. The smallest absolute Gasteiger partial charge is 0.0944 e. The van der Waals surface area contributed by atoms with Crippen molar-refractivity contribution in [2.75, 3.05) is 7.05 Å². The molecular formula is C17H30N2S. The van der Waals surface area contributed by atoms with E-state index in [2.05, 4.69) is 45.4 Å². The third-order valence-corrected chi connectivity index (χ3v) is 5.68. The summed E-state index contributed by atoms with van der Waals surface area (Å²) in [5.41, 5.74) is 1.41. The van der Waals surface area contributed by atoms with Crippen molar-refractivity contribution in [3.05, 3.63) is 16.1 Å². The Morgan fingerprint density at radius 1 is 1.40 bits per heavy atom. The van der Waals surface area contributed by atoms with Crippen LogP contribution >= 0.6 is 11.3 Å². The first-order chi connectivity index (χ1) is 9.44. The molecule has 0 amide bonds. The summed E-state index contributed by atoms with van der Waals surface area (Å²) in [7, 11) is 2.11. The van der Waals surface area contributed by atoms with Gasteiger partial charge in [-0.15, -0.1) is 11.3 Å². The predicted molar refractivity (Wildman–Crippen MR) is 88.5 cm³/mol. The minimum atomic E-state index is 0.171. The first-order valence-electron chi connectivity index (χ1n) is 8.06. The summed E-state index contributed by atoms with van der Waals surface area (Å²) in [6, 6.07) is 0.602. The maximum Gasteiger partial charge on any atom is 0.0944 e. The van der Waals surface area contributed by atoms with E-state index in [4.69, 9.17) is 4.98 Å². The molecule has 3 atom stereocenters. The number of thiazole rings is 1. The molecule has 3 heteroatoms. The zero-order valence-electron chi connectivity index (χ0n) is 13.7. The molecule has 0 aromatic carbocycles. The molecule has 3 unspecified atom stereocenters. The Labute approximate surface area is 128 Å². The monoisotopic (exact) mass is 294 g/mol. The summed E-state index contributed by atoms with van der Waals surface area (Å²) in [4.78, 5) is 4.86. The van der Waals surface area contributed by atoms with E-state index < -0.39 is 0 Å². The highest BCUT2D eigenvalue weighted by atomic mass is 32.1. The van der Waals surface area contributed by atoms with Gasteiger partial charge in [0.15, 0.2) is 0 Å². The van der Waals surface area contributed by atoms with Gasteiger partial charge in [-0.1, -0.05) is 40.5 Å². The predicted octanol–water partition coefficient (Wildman–Crippen LogP) is 4.40. The lowest BCUT2D eigenvalue weighted by Gasteiger charge is -2.22. The molecule has 2 rings (SSSR count). The lowest BCUT2D eigenvalue weighted by molar-refractivity contribution is 0.361. The van der Waals surface area contributed by atoms with E-state index in [-0.39, 0.29) is 5.41 Å². The molecule has 20 heavy (non-hydrogen) atoms. The van der Waals surface area contributed by atoms with Crippen LogP contribution in [-0.4, -0.2) is 18.1 Å². The average molecular weight is 295 g/mol. The van der Waals surface area contributed by atoms with Crippen molar-refractivity contribution in [3.63, 3.8) is 0 Å². The SMILES string of the molecule is CCC1CCC(C(Cc2nc(C(C)(C)C)cs2)NC)C1. The van der Waals surface area contributed by atoms with E-state index in [1.54, 1.807) is 0 Å². The van der Waals surface area contributed by atoms with E-state index >= 15 is 0 Å². The van der Waals surface area contributed by atoms with Gasteiger partial charge in [0.25, 0.3) is 0 Å². The molecule has 1 heterocycles. The van der Waals surface area contributed by atoms with E-state index in [0.717, 1.165) is 18.3 Å². The molecule has 1 aliphatic rings. The van der Waals surface area contributed by atoms with Crippen molar-refractivity contribution in [1.82, 2.24) is 10.3 Å². The molecule has 1 aromatic heterocycles. The van der Waals surface area contributed by atoms with Crippen LogP contribution in [0.4, 0.5) is 0 Å². The highest BCUT2D eigenvalue weighted by Gasteiger charge is 2.30. The standard InChI is InChI=1S/C17H30N2S/c1-6-12-7-8-13(9-12)14(18-5)10-16-19-15(11-20-16)17(2,3)4/h11-14,18H,6-10H2,1-5H3. The Balaban J connectivity index is 1.98. The zero-order valence-corrected chi connectivity index (χ0v) is 14.5. The average Bonchev–Trinajstić information content (AvgIpc) is 3.04. The summed E-state index contributed by atoms with van der Waals surface area (Å²) < 4.78 is 0. The molecule has 1 saturated carbocycles. The van der Waals surface area contributed by atoms with E-state index in [9.17, 15) is 0 Å². The van der Waals surface area contributed by atoms with Gasteiger partial charge >= 0.3 is 0 Å². The van der Waals surface area contributed by atoms with Crippen LogP contribution in [0.2, 0.25) is 0 Å². The molecule has 1 N–H and O–H groups in total. The Morgan fingerprint density at radius 2 is 2.15 bits per heavy atom. The Morgan fingerprint density at radius 3 is 2.65 bits per heavy atom. The minimum Gasteiger partial charge on any atom is -0.316 e. The van der Waals surface area contributed by atoms with Crippen LogP contribution in [0.25, 0.3) is 0 Å². The minimum absolute atomic E-state index is 0.171. The molecule has 1 aliphatic carbocycles. The van der Waals surface area contributed by atoms with E-state index in [1.807, 2.05) is 11.3 Å². The molecule has 0 radical (unpaired) electrons. The van der Waals surface area contributed by atoms with E-state index in [0.29, 0.717) is 6.04 Å². The third kappa shape index (κ3) is 3.82. The molecule has 1 fully saturated rings. The van der Waals surface area contributed by atoms with Crippen molar-refractivity contribution in [3.8, 4) is 0 Å². The normalized spacial score (nSPS) is 25.1. The second kappa shape index (κ2) is 6.57. The Kier molecular flexibility index (Phi) is 5.25. The fraction of sp³-hybridized carbons (Fsp3) is 0.824. The first kappa shape index (κ1) is 16.0. The van der Waals surface area contributed by atoms with Crippen LogP contribution in [0.3, 0.4) is 0 Å². The Bertz CT molecular complexity index is 419. The fourth-order valence-corrected chi connectivity index (χ4v) is 4.37. The topological polar surface area (TPSA) is 24.9 Å². The van der Waals surface area contributed by atoms with Crippen LogP contribution in [0.15, 0.2) is 5.38 Å². The fourth-order valence-electron chi connectivity index (χ4n) is 3.29. The number of aromatic nitrogens is 1. The molecule has 1 aromatic rings. The lowest BCUT2D eigenvalue weighted by atomic mass is 9.92. The lowest BCUT2D eigenvalue weighted by Crippen LogP contribution is -2.34. The van der Waals surface area contributed by atoms with Gasteiger partial charge in [0.05, 0.1) is 10.7 Å².